The number of nitrogens with two attached hydrogens (primary N) is 1. The molecule has 0 saturated carbocycles. The second-order valence-electron chi connectivity index (χ2n) is 3.70. The summed E-state index contributed by atoms with van der Waals surface area (Å²) in [6, 6.07) is 5.11. The first-order valence-electron chi connectivity index (χ1n) is 5.71. The summed E-state index contributed by atoms with van der Waals surface area (Å²) in [5.41, 5.74) is 5.56. The molecule has 102 valence electrons. The van der Waals surface area contributed by atoms with E-state index in [4.69, 9.17) is 10.5 Å². The Morgan fingerprint density at radius 1 is 1.32 bits per heavy atom. The zero-order valence-corrected chi connectivity index (χ0v) is 10.3. The molecule has 0 atom stereocenters. The predicted octanol–water partition coefficient (Wildman–Crippen LogP) is 1.44. The summed E-state index contributed by atoms with van der Waals surface area (Å²) in [5.74, 6) is -0.829. The van der Waals surface area contributed by atoms with Crippen LogP contribution in [0.25, 0.3) is 6.08 Å². The topological polar surface area (TPSA) is 81.4 Å². The standard InChI is InChI=1S/C13H15FN2O3/c14-11-5-2-10(3-6-11)4-7-12(17)19-9-1-8-16-13(15)18/h2-7H,1,8-9H2,(H3,15,16,18)/b7-4+. The molecule has 2 amide bonds. The van der Waals surface area contributed by atoms with Crippen molar-refractivity contribution in [3.63, 3.8) is 0 Å². The molecular weight excluding hydrogens is 251 g/mol. The molecule has 0 spiro atoms. The quantitative estimate of drug-likeness (QED) is 0.464. The summed E-state index contributed by atoms with van der Waals surface area (Å²) in [4.78, 5) is 21.6. The number of nitrogens with one attached hydrogen (secondary N) is 1. The Labute approximate surface area is 110 Å². The van der Waals surface area contributed by atoms with Gasteiger partial charge < -0.3 is 15.8 Å². The molecule has 6 heteroatoms. The van der Waals surface area contributed by atoms with Gasteiger partial charge in [-0.3, -0.25) is 0 Å². The number of benzene rings is 1. The van der Waals surface area contributed by atoms with Crippen LogP contribution in [0.5, 0.6) is 0 Å². The van der Waals surface area contributed by atoms with Crippen molar-refractivity contribution in [1.29, 1.82) is 0 Å². The first-order chi connectivity index (χ1) is 9.08. The minimum absolute atomic E-state index is 0.187. The molecule has 3 N–H and O–H groups in total. The number of hydrogen-bond acceptors (Lipinski definition) is 3. The van der Waals surface area contributed by atoms with E-state index in [1.807, 2.05) is 0 Å². The highest BCUT2D eigenvalue weighted by Gasteiger charge is 1.98. The summed E-state index contributed by atoms with van der Waals surface area (Å²) < 4.78 is 17.5. The molecule has 0 saturated heterocycles. The van der Waals surface area contributed by atoms with Gasteiger partial charge in [0.05, 0.1) is 6.61 Å². The third-order valence-electron chi connectivity index (χ3n) is 2.15. The highest BCUT2D eigenvalue weighted by molar-refractivity contribution is 5.87. The lowest BCUT2D eigenvalue weighted by molar-refractivity contribution is -0.137. The first kappa shape index (κ1) is 14.7. The number of halogens is 1. The summed E-state index contributed by atoms with van der Waals surface area (Å²) in [7, 11) is 0. The fraction of sp³-hybridized carbons (Fsp3) is 0.231. The monoisotopic (exact) mass is 266 g/mol. The Hall–Kier alpha value is -2.37. The molecule has 0 aromatic heterocycles. The van der Waals surface area contributed by atoms with Gasteiger partial charge in [-0.05, 0) is 30.2 Å². The molecule has 0 aliphatic carbocycles. The van der Waals surface area contributed by atoms with Crippen LogP contribution in [0.15, 0.2) is 30.3 Å². The minimum Gasteiger partial charge on any atom is -0.462 e. The molecule has 0 heterocycles. The number of carbonyl (C=O) groups is 2. The largest absolute Gasteiger partial charge is 0.462 e. The zero-order valence-electron chi connectivity index (χ0n) is 10.3. The van der Waals surface area contributed by atoms with Crippen LogP contribution < -0.4 is 11.1 Å². The molecule has 1 rings (SSSR count). The SMILES string of the molecule is NC(=O)NCCCOC(=O)/C=C/c1ccc(F)cc1. The number of urea groups is 1. The fourth-order valence-corrected chi connectivity index (χ4v) is 1.24. The van der Waals surface area contributed by atoms with Crippen LogP contribution >= 0.6 is 0 Å². The molecule has 1 aromatic rings. The Morgan fingerprint density at radius 2 is 2.00 bits per heavy atom. The van der Waals surface area contributed by atoms with E-state index in [1.54, 1.807) is 12.1 Å². The van der Waals surface area contributed by atoms with E-state index in [0.717, 1.165) is 0 Å². The van der Waals surface area contributed by atoms with Crippen molar-refractivity contribution >= 4 is 18.1 Å². The number of primary amides is 1. The average Bonchev–Trinajstić information content (AvgIpc) is 2.37. The highest BCUT2D eigenvalue weighted by Crippen LogP contribution is 2.04. The van der Waals surface area contributed by atoms with Crippen LogP contribution in [0.4, 0.5) is 9.18 Å². The molecule has 1 aromatic carbocycles. The molecular formula is C13H15FN2O3. The van der Waals surface area contributed by atoms with Crippen molar-refractivity contribution in [2.75, 3.05) is 13.2 Å². The molecule has 0 bridgehead atoms. The van der Waals surface area contributed by atoms with E-state index in [9.17, 15) is 14.0 Å². The maximum absolute atomic E-state index is 12.6. The van der Waals surface area contributed by atoms with Crippen molar-refractivity contribution in [1.82, 2.24) is 5.32 Å². The molecule has 5 nitrogen and oxygen atoms in total. The second kappa shape index (κ2) is 7.86. The van der Waals surface area contributed by atoms with Gasteiger partial charge in [0.25, 0.3) is 0 Å². The number of hydrogen-bond donors (Lipinski definition) is 2. The number of rotatable bonds is 6. The lowest BCUT2D eigenvalue weighted by atomic mass is 10.2. The minimum atomic E-state index is -0.609. The lowest BCUT2D eigenvalue weighted by Gasteiger charge is -2.02. The smallest absolute Gasteiger partial charge is 0.330 e. The average molecular weight is 266 g/mol. The van der Waals surface area contributed by atoms with Gasteiger partial charge in [0.1, 0.15) is 5.82 Å². The summed E-state index contributed by atoms with van der Waals surface area (Å²) >= 11 is 0. The predicted molar refractivity (Wildman–Crippen MR) is 68.6 cm³/mol. The molecule has 19 heavy (non-hydrogen) atoms. The van der Waals surface area contributed by atoms with Crippen molar-refractivity contribution in [2.24, 2.45) is 5.73 Å². The van der Waals surface area contributed by atoms with Gasteiger partial charge >= 0.3 is 12.0 Å². The normalized spacial score (nSPS) is 10.4. The van der Waals surface area contributed by atoms with Crippen molar-refractivity contribution in [2.45, 2.75) is 6.42 Å². The zero-order chi connectivity index (χ0) is 14.1. The Morgan fingerprint density at radius 3 is 2.63 bits per heavy atom. The van der Waals surface area contributed by atoms with Crippen LogP contribution in [0.2, 0.25) is 0 Å². The number of amides is 2. The van der Waals surface area contributed by atoms with Crippen molar-refractivity contribution < 1.29 is 18.7 Å². The van der Waals surface area contributed by atoms with Gasteiger partial charge in [-0.1, -0.05) is 12.1 Å². The van der Waals surface area contributed by atoms with E-state index in [0.29, 0.717) is 18.5 Å². The van der Waals surface area contributed by atoms with Gasteiger partial charge in [0.2, 0.25) is 0 Å². The van der Waals surface area contributed by atoms with Crippen LogP contribution in [0.1, 0.15) is 12.0 Å². The van der Waals surface area contributed by atoms with Crippen LogP contribution in [-0.4, -0.2) is 25.2 Å². The van der Waals surface area contributed by atoms with E-state index in [1.165, 1.54) is 24.3 Å². The molecule has 0 aliphatic heterocycles. The fourth-order valence-electron chi connectivity index (χ4n) is 1.24. The Balaban J connectivity index is 2.23. The maximum atomic E-state index is 12.6. The van der Waals surface area contributed by atoms with Gasteiger partial charge in [0.15, 0.2) is 0 Å². The number of carbonyl (C=O) groups excluding carboxylic acids is 2. The molecule has 0 unspecified atom stereocenters. The summed E-state index contributed by atoms with van der Waals surface area (Å²) in [6.07, 6.45) is 3.28. The van der Waals surface area contributed by atoms with E-state index in [2.05, 4.69) is 5.32 Å². The third-order valence-corrected chi connectivity index (χ3v) is 2.15. The van der Waals surface area contributed by atoms with Gasteiger partial charge in [0, 0.05) is 12.6 Å². The second-order valence-corrected chi connectivity index (χ2v) is 3.70. The molecule has 0 fully saturated rings. The number of esters is 1. The molecule has 0 aliphatic rings. The molecule has 0 radical (unpaired) electrons. The number of ether oxygens (including phenoxy) is 1. The van der Waals surface area contributed by atoms with E-state index >= 15 is 0 Å². The van der Waals surface area contributed by atoms with Crippen LogP contribution in [0, 0.1) is 5.82 Å². The van der Waals surface area contributed by atoms with E-state index in [-0.39, 0.29) is 12.4 Å². The maximum Gasteiger partial charge on any atom is 0.330 e. The van der Waals surface area contributed by atoms with Crippen LogP contribution in [-0.2, 0) is 9.53 Å². The van der Waals surface area contributed by atoms with Gasteiger partial charge in [-0.25, -0.2) is 14.0 Å². The van der Waals surface area contributed by atoms with Crippen LogP contribution in [0.3, 0.4) is 0 Å². The highest BCUT2D eigenvalue weighted by atomic mass is 19.1. The Kier molecular flexibility index (Phi) is 6.08. The first-order valence-corrected chi connectivity index (χ1v) is 5.71. The lowest BCUT2D eigenvalue weighted by Crippen LogP contribution is -2.30. The Bertz CT molecular complexity index is 457. The summed E-state index contributed by atoms with van der Waals surface area (Å²) in [5, 5.41) is 2.38. The van der Waals surface area contributed by atoms with E-state index < -0.39 is 12.0 Å². The van der Waals surface area contributed by atoms with Gasteiger partial charge in [-0.2, -0.15) is 0 Å². The van der Waals surface area contributed by atoms with Crippen molar-refractivity contribution in [3.05, 3.63) is 41.7 Å². The van der Waals surface area contributed by atoms with Gasteiger partial charge in [-0.15, -0.1) is 0 Å². The van der Waals surface area contributed by atoms with Crippen molar-refractivity contribution in [3.8, 4) is 0 Å². The summed E-state index contributed by atoms with van der Waals surface area (Å²) in [6.45, 7) is 0.539. The third kappa shape index (κ3) is 6.82.